The van der Waals surface area contributed by atoms with Crippen molar-refractivity contribution in [2.75, 3.05) is 0 Å². The molecule has 1 saturated carbocycles. The summed E-state index contributed by atoms with van der Waals surface area (Å²) < 4.78 is 0.933. The molecular formula is C12H15BrClNO. The van der Waals surface area contributed by atoms with Crippen LogP contribution in [0.1, 0.15) is 30.9 Å². The Morgan fingerprint density at radius 3 is 2.69 bits per heavy atom. The summed E-state index contributed by atoms with van der Waals surface area (Å²) in [5.41, 5.74) is 6.88. The Morgan fingerprint density at radius 2 is 2.12 bits per heavy atom. The van der Waals surface area contributed by atoms with E-state index in [9.17, 15) is 5.11 Å². The lowest BCUT2D eigenvalue weighted by atomic mass is 9.77. The zero-order chi connectivity index (χ0) is 11.7. The second kappa shape index (κ2) is 5.05. The van der Waals surface area contributed by atoms with Crippen molar-refractivity contribution in [2.24, 2.45) is 11.7 Å². The number of aliphatic hydroxyl groups is 1. The van der Waals surface area contributed by atoms with Crippen molar-refractivity contribution in [3.05, 3.63) is 33.3 Å². The Balaban J connectivity index is 2.18. The second-order valence-corrected chi connectivity index (χ2v) is 5.70. The highest BCUT2D eigenvalue weighted by Crippen LogP contribution is 2.36. The van der Waals surface area contributed by atoms with Crippen LogP contribution in [-0.4, -0.2) is 11.2 Å². The van der Waals surface area contributed by atoms with Gasteiger partial charge < -0.3 is 10.8 Å². The van der Waals surface area contributed by atoms with E-state index < -0.39 is 12.1 Å². The predicted molar refractivity (Wildman–Crippen MR) is 69.4 cm³/mol. The van der Waals surface area contributed by atoms with E-state index >= 15 is 0 Å². The number of benzene rings is 1. The molecule has 2 rings (SSSR count). The van der Waals surface area contributed by atoms with E-state index in [0.29, 0.717) is 10.9 Å². The first kappa shape index (κ1) is 12.4. The molecule has 0 unspecified atom stereocenters. The topological polar surface area (TPSA) is 46.2 Å². The fourth-order valence-corrected chi connectivity index (χ4v) is 2.65. The minimum atomic E-state index is -0.486. The molecule has 0 amide bonds. The van der Waals surface area contributed by atoms with Crippen LogP contribution in [0.25, 0.3) is 0 Å². The fraction of sp³-hybridized carbons (Fsp3) is 0.500. The van der Waals surface area contributed by atoms with Crippen LogP contribution in [-0.2, 0) is 0 Å². The number of hydrogen-bond donors (Lipinski definition) is 2. The van der Waals surface area contributed by atoms with Gasteiger partial charge in [0.05, 0.1) is 12.1 Å². The molecule has 0 aromatic heterocycles. The zero-order valence-corrected chi connectivity index (χ0v) is 11.2. The Morgan fingerprint density at radius 1 is 1.44 bits per heavy atom. The zero-order valence-electron chi connectivity index (χ0n) is 8.87. The summed E-state index contributed by atoms with van der Waals surface area (Å²) in [6, 6.07) is 5.16. The SMILES string of the molecule is N[C@H](c1cc(Br)ccc1Cl)[C@@H](O)C1CCC1. The molecule has 2 nitrogen and oxygen atoms in total. The van der Waals surface area contributed by atoms with Gasteiger partial charge >= 0.3 is 0 Å². The molecule has 88 valence electrons. The number of aliphatic hydroxyl groups excluding tert-OH is 1. The fourth-order valence-electron chi connectivity index (χ4n) is 2.03. The van der Waals surface area contributed by atoms with E-state index in [1.165, 1.54) is 6.42 Å². The molecule has 0 aliphatic heterocycles. The molecule has 16 heavy (non-hydrogen) atoms. The molecule has 4 heteroatoms. The third-order valence-electron chi connectivity index (χ3n) is 3.32. The van der Waals surface area contributed by atoms with E-state index in [2.05, 4.69) is 15.9 Å². The minimum Gasteiger partial charge on any atom is -0.391 e. The van der Waals surface area contributed by atoms with Crippen molar-refractivity contribution in [3.8, 4) is 0 Å². The van der Waals surface area contributed by atoms with Crippen molar-refractivity contribution in [1.82, 2.24) is 0 Å². The van der Waals surface area contributed by atoms with Crippen LogP contribution >= 0.6 is 27.5 Å². The first-order valence-corrected chi connectivity index (χ1v) is 6.65. The monoisotopic (exact) mass is 303 g/mol. The maximum absolute atomic E-state index is 10.1. The van der Waals surface area contributed by atoms with Gasteiger partial charge in [0.25, 0.3) is 0 Å². The Labute approximate surface area is 109 Å². The van der Waals surface area contributed by atoms with Crippen LogP contribution in [0.3, 0.4) is 0 Å². The average Bonchev–Trinajstić information content (AvgIpc) is 2.18. The molecular weight excluding hydrogens is 289 g/mol. The molecule has 3 N–H and O–H groups in total. The summed E-state index contributed by atoms with van der Waals surface area (Å²) in [5.74, 6) is 0.338. The van der Waals surface area contributed by atoms with E-state index in [1.807, 2.05) is 12.1 Å². The molecule has 0 bridgehead atoms. The standard InChI is InChI=1S/C12H15BrClNO/c13-8-4-5-10(14)9(6-8)11(15)12(16)7-2-1-3-7/h4-7,11-12,16H,1-3,15H2/t11-,12+/m1/s1. The normalized spacial score (nSPS) is 20.2. The molecule has 0 saturated heterocycles. The van der Waals surface area contributed by atoms with Gasteiger partial charge in [0.15, 0.2) is 0 Å². The Kier molecular flexibility index (Phi) is 3.90. The summed E-state index contributed by atoms with van der Waals surface area (Å²) in [6.07, 6.45) is 2.85. The first-order valence-electron chi connectivity index (χ1n) is 5.48. The van der Waals surface area contributed by atoms with Gasteiger partial charge in [0, 0.05) is 9.50 Å². The lowest BCUT2D eigenvalue weighted by Gasteiger charge is -2.34. The van der Waals surface area contributed by atoms with Crippen molar-refractivity contribution >= 4 is 27.5 Å². The summed E-state index contributed by atoms with van der Waals surface area (Å²) in [7, 11) is 0. The molecule has 2 atom stereocenters. The van der Waals surface area contributed by atoms with Gasteiger partial charge in [-0.3, -0.25) is 0 Å². The second-order valence-electron chi connectivity index (χ2n) is 4.37. The Hall–Kier alpha value is -0.0900. The van der Waals surface area contributed by atoms with Crippen LogP contribution < -0.4 is 5.73 Å². The molecule has 1 fully saturated rings. The van der Waals surface area contributed by atoms with Crippen molar-refractivity contribution in [3.63, 3.8) is 0 Å². The lowest BCUT2D eigenvalue weighted by Crippen LogP contribution is -2.36. The maximum atomic E-state index is 10.1. The van der Waals surface area contributed by atoms with Gasteiger partial charge in [0.1, 0.15) is 0 Å². The van der Waals surface area contributed by atoms with Gasteiger partial charge in [-0.25, -0.2) is 0 Å². The number of halogens is 2. The summed E-state index contributed by atoms with van der Waals surface area (Å²) in [4.78, 5) is 0. The third kappa shape index (κ3) is 2.43. The maximum Gasteiger partial charge on any atom is 0.0761 e. The molecule has 0 radical (unpaired) electrons. The predicted octanol–water partition coefficient (Wildman–Crippen LogP) is 3.26. The first-order chi connectivity index (χ1) is 7.59. The molecule has 1 aromatic carbocycles. The largest absolute Gasteiger partial charge is 0.391 e. The van der Waals surface area contributed by atoms with Crippen LogP contribution in [0.5, 0.6) is 0 Å². The molecule has 1 aliphatic rings. The van der Waals surface area contributed by atoms with Crippen molar-refractivity contribution in [2.45, 2.75) is 31.4 Å². The number of nitrogens with two attached hydrogens (primary N) is 1. The van der Waals surface area contributed by atoms with Crippen LogP contribution in [0.2, 0.25) is 5.02 Å². The average molecular weight is 305 g/mol. The highest BCUT2D eigenvalue weighted by molar-refractivity contribution is 9.10. The van der Waals surface area contributed by atoms with Crippen LogP contribution in [0, 0.1) is 5.92 Å². The number of rotatable bonds is 3. The van der Waals surface area contributed by atoms with Gasteiger partial charge in [-0.2, -0.15) is 0 Å². The highest BCUT2D eigenvalue weighted by atomic mass is 79.9. The van der Waals surface area contributed by atoms with Crippen molar-refractivity contribution < 1.29 is 5.11 Å². The van der Waals surface area contributed by atoms with Crippen LogP contribution in [0.4, 0.5) is 0 Å². The van der Waals surface area contributed by atoms with Gasteiger partial charge in [-0.15, -0.1) is 0 Å². The molecule has 1 aliphatic carbocycles. The molecule has 1 aromatic rings. The van der Waals surface area contributed by atoms with E-state index in [-0.39, 0.29) is 0 Å². The van der Waals surface area contributed by atoms with Crippen LogP contribution in [0.15, 0.2) is 22.7 Å². The van der Waals surface area contributed by atoms with E-state index in [0.717, 1.165) is 22.9 Å². The lowest BCUT2D eigenvalue weighted by molar-refractivity contribution is 0.0414. The molecule has 0 heterocycles. The summed E-state index contributed by atoms with van der Waals surface area (Å²) >= 11 is 9.48. The van der Waals surface area contributed by atoms with E-state index in [4.69, 9.17) is 17.3 Å². The minimum absolute atomic E-state index is 0.338. The molecule has 0 spiro atoms. The highest BCUT2D eigenvalue weighted by Gasteiger charge is 2.31. The number of hydrogen-bond acceptors (Lipinski definition) is 2. The quantitative estimate of drug-likeness (QED) is 0.900. The summed E-state index contributed by atoms with van der Waals surface area (Å²) in [5, 5.41) is 10.7. The van der Waals surface area contributed by atoms with Gasteiger partial charge in [0.2, 0.25) is 0 Å². The Bertz CT molecular complexity index is 381. The van der Waals surface area contributed by atoms with E-state index in [1.54, 1.807) is 6.07 Å². The van der Waals surface area contributed by atoms with Crippen molar-refractivity contribution in [1.29, 1.82) is 0 Å². The summed E-state index contributed by atoms with van der Waals surface area (Å²) in [6.45, 7) is 0. The van der Waals surface area contributed by atoms with Gasteiger partial charge in [-0.05, 0) is 42.5 Å². The smallest absolute Gasteiger partial charge is 0.0761 e. The third-order valence-corrected chi connectivity index (χ3v) is 4.16. The van der Waals surface area contributed by atoms with Gasteiger partial charge in [-0.1, -0.05) is 34.0 Å².